The van der Waals surface area contributed by atoms with Crippen molar-refractivity contribution in [3.63, 3.8) is 0 Å². The smallest absolute Gasteiger partial charge is 0.287 e. The minimum Gasteiger partial charge on any atom is -0.439 e. The molecule has 0 saturated carbocycles. The van der Waals surface area contributed by atoms with Gasteiger partial charge in [0.05, 0.1) is 10.9 Å². The number of furan rings is 1. The topological polar surface area (TPSA) is 79.6 Å². The highest BCUT2D eigenvalue weighted by Crippen LogP contribution is 2.27. The zero-order valence-corrected chi connectivity index (χ0v) is 19.8. The third-order valence-corrected chi connectivity index (χ3v) is 7.79. The van der Waals surface area contributed by atoms with Gasteiger partial charge in [-0.15, -0.1) is 0 Å². The van der Waals surface area contributed by atoms with E-state index in [1.807, 2.05) is 0 Å². The largest absolute Gasteiger partial charge is 0.439 e. The minimum absolute atomic E-state index is 0.0140. The van der Waals surface area contributed by atoms with Crippen molar-refractivity contribution in [2.75, 3.05) is 19.6 Å². The Morgan fingerprint density at radius 2 is 1.58 bits per heavy atom. The molecule has 1 aliphatic heterocycles. The van der Waals surface area contributed by atoms with Crippen LogP contribution in [0, 0.1) is 0 Å². The number of benzene rings is 2. The summed E-state index contributed by atoms with van der Waals surface area (Å²) in [6, 6.07) is 19.4. The molecule has 7 heteroatoms. The third-order valence-electron chi connectivity index (χ3n) is 6.15. The highest BCUT2D eigenvalue weighted by molar-refractivity contribution is 7.91. The second kappa shape index (κ2) is 9.93. The fourth-order valence-electron chi connectivity index (χ4n) is 4.19. The summed E-state index contributed by atoms with van der Waals surface area (Å²) in [6.45, 7) is 6.74. The first-order valence-electron chi connectivity index (χ1n) is 11.4. The molecule has 0 aliphatic carbocycles. The molecule has 1 aliphatic rings. The number of carbonyl (C=O) groups excluding carboxylic acids is 1. The van der Waals surface area contributed by atoms with E-state index in [9.17, 15) is 13.2 Å². The Labute approximate surface area is 195 Å². The number of hydrogen-bond donors (Lipinski definition) is 1. The summed E-state index contributed by atoms with van der Waals surface area (Å²) in [5.41, 5.74) is 2.44. The second-order valence-electron chi connectivity index (χ2n) is 8.73. The van der Waals surface area contributed by atoms with E-state index in [1.165, 1.54) is 29.8 Å². The summed E-state index contributed by atoms with van der Waals surface area (Å²) in [4.78, 5) is 15.3. The van der Waals surface area contributed by atoms with Crippen molar-refractivity contribution in [3.8, 4) is 0 Å². The quantitative estimate of drug-likeness (QED) is 0.516. The van der Waals surface area contributed by atoms with Gasteiger partial charge in [0.1, 0.15) is 0 Å². The van der Waals surface area contributed by atoms with Crippen LogP contribution in [0.1, 0.15) is 60.3 Å². The van der Waals surface area contributed by atoms with Crippen LogP contribution in [-0.2, 0) is 9.84 Å². The van der Waals surface area contributed by atoms with Crippen molar-refractivity contribution in [2.45, 2.75) is 48.6 Å². The van der Waals surface area contributed by atoms with Crippen molar-refractivity contribution in [1.82, 2.24) is 10.2 Å². The molecule has 1 aromatic heterocycles. The van der Waals surface area contributed by atoms with Crippen LogP contribution in [0.2, 0.25) is 0 Å². The van der Waals surface area contributed by atoms with Gasteiger partial charge in [-0.2, -0.15) is 0 Å². The number of sulfone groups is 1. The fourth-order valence-corrected chi connectivity index (χ4v) is 5.39. The number of nitrogens with one attached hydrogen (secondary N) is 1. The second-order valence-corrected chi connectivity index (χ2v) is 10.6. The van der Waals surface area contributed by atoms with Crippen molar-refractivity contribution in [1.29, 1.82) is 0 Å². The van der Waals surface area contributed by atoms with Crippen LogP contribution in [-0.4, -0.2) is 38.9 Å². The van der Waals surface area contributed by atoms with Crippen molar-refractivity contribution in [3.05, 3.63) is 83.6 Å². The number of likely N-dealkylation sites (tertiary alicyclic amines) is 1. The molecule has 1 unspecified atom stereocenters. The van der Waals surface area contributed by atoms with Gasteiger partial charge >= 0.3 is 0 Å². The maximum atomic E-state index is 12.8. The molecule has 33 heavy (non-hydrogen) atoms. The molecular formula is C26H30N2O4S. The molecule has 0 bridgehead atoms. The van der Waals surface area contributed by atoms with E-state index < -0.39 is 15.7 Å². The molecule has 1 amide bonds. The normalized spacial score (nSPS) is 15.6. The van der Waals surface area contributed by atoms with Crippen LogP contribution in [0.5, 0.6) is 0 Å². The van der Waals surface area contributed by atoms with Crippen LogP contribution in [0.25, 0.3) is 0 Å². The predicted molar refractivity (Wildman–Crippen MR) is 127 cm³/mol. The molecule has 1 saturated heterocycles. The third kappa shape index (κ3) is 5.20. The Morgan fingerprint density at radius 1 is 0.939 bits per heavy atom. The lowest BCUT2D eigenvalue weighted by molar-refractivity contribution is 0.0905. The van der Waals surface area contributed by atoms with Crippen LogP contribution in [0.3, 0.4) is 0 Å². The summed E-state index contributed by atoms with van der Waals surface area (Å²) in [5.74, 6) is 0.0247. The average Bonchev–Trinajstić information content (AvgIpc) is 3.53. The molecule has 2 heterocycles. The minimum atomic E-state index is -3.81. The Morgan fingerprint density at radius 3 is 2.21 bits per heavy atom. The number of nitrogens with zero attached hydrogens (tertiary/aromatic N) is 1. The summed E-state index contributed by atoms with van der Waals surface area (Å²) >= 11 is 0. The monoisotopic (exact) mass is 466 g/mol. The molecule has 1 atom stereocenters. The Bertz CT molecular complexity index is 1180. The van der Waals surface area contributed by atoms with E-state index >= 15 is 0 Å². The molecule has 174 valence electrons. The van der Waals surface area contributed by atoms with Gasteiger partial charge in [-0.25, -0.2) is 8.42 Å². The molecule has 4 rings (SSSR count). The maximum absolute atomic E-state index is 12.8. The van der Waals surface area contributed by atoms with E-state index in [2.05, 4.69) is 48.3 Å². The standard InChI is InChI=1S/C26H30N2O4S/c1-19(2)20-10-12-21(13-11-20)23(28-16-6-7-17-28)18-27-26(29)24-14-15-25(32-24)33(30,31)22-8-4-3-5-9-22/h3-5,8-15,19,23H,6-7,16-18H2,1-2H3,(H,27,29). The molecule has 3 aromatic rings. The van der Waals surface area contributed by atoms with Gasteiger partial charge in [-0.1, -0.05) is 56.3 Å². The van der Waals surface area contributed by atoms with E-state index in [1.54, 1.807) is 18.2 Å². The zero-order chi connectivity index (χ0) is 23.4. The molecule has 0 spiro atoms. The number of amides is 1. The van der Waals surface area contributed by atoms with Gasteiger partial charge in [0, 0.05) is 6.54 Å². The molecular weight excluding hydrogens is 436 g/mol. The number of carbonyl (C=O) groups is 1. The van der Waals surface area contributed by atoms with Crippen LogP contribution < -0.4 is 5.32 Å². The average molecular weight is 467 g/mol. The fraction of sp³-hybridized carbons (Fsp3) is 0.346. The zero-order valence-electron chi connectivity index (χ0n) is 19.0. The van der Waals surface area contributed by atoms with Gasteiger partial charge in [-0.05, 0) is 67.2 Å². The lowest BCUT2D eigenvalue weighted by Gasteiger charge is -2.28. The molecule has 1 fully saturated rings. The molecule has 6 nitrogen and oxygen atoms in total. The van der Waals surface area contributed by atoms with Gasteiger partial charge < -0.3 is 9.73 Å². The Balaban J connectivity index is 1.48. The SMILES string of the molecule is CC(C)c1ccc(C(CNC(=O)c2ccc(S(=O)(=O)c3ccccc3)o2)N2CCCC2)cc1. The highest BCUT2D eigenvalue weighted by Gasteiger charge is 2.26. The molecule has 0 radical (unpaired) electrons. The van der Waals surface area contributed by atoms with Crippen LogP contribution in [0.15, 0.2) is 81.1 Å². The maximum Gasteiger partial charge on any atom is 0.287 e. The summed E-state index contributed by atoms with van der Waals surface area (Å²) in [5, 5.41) is 2.71. The first kappa shape index (κ1) is 23.3. The highest BCUT2D eigenvalue weighted by atomic mass is 32.2. The number of hydrogen-bond acceptors (Lipinski definition) is 5. The first-order chi connectivity index (χ1) is 15.9. The van der Waals surface area contributed by atoms with Crippen molar-refractivity contribution in [2.24, 2.45) is 0 Å². The summed E-state index contributed by atoms with van der Waals surface area (Å²) in [7, 11) is -3.81. The summed E-state index contributed by atoms with van der Waals surface area (Å²) in [6.07, 6.45) is 2.29. The van der Waals surface area contributed by atoms with Crippen LogP contribution in [0.4, 0.5) is 0 Å². The van der Waals surface area contributed by atoms with E-state index in [-0.39, 0.29) is 21.8 Å². The Hall–Kier alpha value is -2.90. The lowest BCUT2D eigenvalue weighted by Crippen LogP contribution is -2.36. The number of rotatable bonds is 8. The van der Waals surface area contributed by atoms with Crippen molar-refractivity contribution < 1.29 is 17.6 Å². The van der Waals surface area contributed by atoms with Crippen LogP contribution >= 0.6 is 0 Å². The van der Waals surface area contributed by atoms with Gasteiger partial charge in [0.25, 0.3) is 5.91 Å². The lowest BCUT2D eigenvalue weighted by atomic mass is 9.98. The first-order valence-corrected chi connectivity index (χ1v) is 12.9. The van der Waals surface area contributed by atoms with Gasteiger partial charge in [0.15, 0.2) is 5.76 Å². The Kier molecular flexibility index (Phi) is 7.00. The molecule has 2 aromatic carbocycles. The van der Waals surface area contributed by atoms with Gasteiger partial charge in [-0.3, -0.25) is 9.69 Å². The van der Waals surface area contributed by atoms with Gasteiger partial charge in [0.2, 0.25) is 14.9 Å². The summed E-state index contributed by atoms with van der Waals surface area (Å²) < 4.78 is 30.9. The van der Waals surface area contributed by atoms with Crippen molar-refractivity contribution >= 4 is 15.7 Å². The predicted octanol–water partition coefficient (Wildman–Crippen LogP) is 4.80. The van der Waals surface area contributed by atoms with E-state index in [0.29, 0.717) is 12.5 Å². The molecule has 1 N–H and O–H groups in total. The van der Waals surface area contributed by atoms with E-state index in [4.69, 9.17) is 4.42 Å². The van der Waals surface area contributed by atoms with E-state index in [0.717, 1.165) is 31.5 Å².